The smallest absolute Gasteiger partial charge is 0.211 e. The van der Waals surface area contributed by atoms with Crippen LogP contribution in [0.25, 0.3) is 0 Å². The molecule has 1 atom stereocenters. The summed E-state index contributed by atoms with van der Waals surface area (Å²) in [7, 11) is 8.79. The largest absolute Gasteiger partial charge is 0.328 e. The highest BCUT2D eigenvalue weighted by Gasteiger charge is 2.22. The average Bonchev–Trinajstić information content (AvgIpc) is 2.84. The zero-order chi connectivity index (χ0) is 26.8. The first kappa shape index (κ1) is 30.2. The minimum atomic E-state index is 0.252. The summed E-state index contributed by atoms with van der Waals surface area (Å²) >= 11 is 12.9. The van der Waals surface area contributed by atoms with E-state index in [4.69, 9.17) is 23.2 Å². The summed E-state index contributed by atoms with van der Waals surface area (Å²) in [5, 5.41) is 2.90. The van der Waals surface area contributed by atoms with Gasteiger partial charge in [-0.05, 0) is 114 Å². The van der Waals surface area contributed by atoms with Gasteiger partial charge in [0.2, 0.25) is 6.41 Å². The lowest BCUT2D eigenvalue weighted by molar-refractivity contribution is -0.105. The Bertz CT molecular complexity index is 983. The molecule has 0 spiro atoms. The number of nitrogens with zero attached hydrogens (tertiary/aromatic N) is 5. The Morgan fingerprint density at radius 3 is 2.43 bits per heavy atom. The fourth-order valence-electron chi connectivity index (χ4n) is 4.77. The predicted octanol–water partition coefficient (Wildman–Crippen LogP) is 4.64. The third-order valence-electron chi connectivity index (χ3n) is 6.86. The zero-order valence-electron chi connectivity index (χ0n) is 22.4. The summed E-state index contributed by atoms with van der Waals surface area (Å²) in [5.41, 5.74) is 3.67. The standard InChI is InChI=1S/C21H36N4S.C6H4Cl2N2O/c1-22(2)26-21-9-7-18-6-8-20(16-19(18)17-21)24(4)10-5-11-25-14-12-23(3)13-15-25;7-5-1-4(9-3-11)2-6(8)10-5/h7,9,17,20H,5-6,8,10-16H2,1-4H3;1-3H,(H,9,10,11). The van der Waals surface area contributed by atoms with Gasteiger partial charge in [-0.25, -0.2) is 4.98 Å². The van der Waals surface area contributed by atoms with E-state index in [2.05, 4.69) is 75.7 Å². The predicted molar refractivity (Wildman–Crippen MR) is 157 cm³/mol. The second-order valence-corrected chi connectivity index (χ2v) is 12.1. The van der Waals surface area contributed by atoms with Gasteiger partial charge in [0.1, 0.15) is 10.3 Å². The number of rotatable bonds is 9. The van der Waals surface area contributed by atoms with Crippen LogP contribution in [0.1, 0.15) is 24.0 Å². The Kier molecular flexibility index (Phi) is 12.4. The van der Waals surface area contributed by atoms with Crippen LogP contribution >= 0.6 is 35.1 Å². The van der Waals surface area contributed by atoms with Gasteiger partial charge in [-0.1, -0.05) is 29.3 Å². The number of carbonyl (C=O) groups excluding carboxylic acids is 1. The molecular formula is C27H40Cl2N6OS. The lowest BCUT2D eigenvalue weighted by atomic mass is 9.87. The first-order chi connectivity index (χ1) is 17.7. The number of aryl methyl sites for hydroxylation is 1. The molecule has 2 aromatic rings. The minimum absolute atomic E-state index is 0.252. The van der Waals surface area contributed by atoms with Gasteiger partial charge in [-0.3, -0.25) is 9.10 Å². The summed E-state index contributed by atoms with van der Waals surface area (Å²) in [6, 6.07) is 10.8. The molecule has 37 heavy (non-hydrogen) atoms. The first-order valence-corrected chi connectivity index (χ1v) is 14.4. The molecule has 1 N–H and O–H groups in total. The Labute approximate surface area is 236 Å². The minimum Gasteiger partial charge on any atom is -0.328 e. The fourth-order valence-corrected chi connectivity index (χ4v) is 5.98. The van der Waals surface area contributed by atoms with Crippen LogP contribution < -0.4 is 5.32 Å². The van der Waals surface area contributed by atoms with Gasteiger partial charge in [0.25, 0.3) is 0 Å². The van der Waals surface area contributed by atoms with E-state index in [1.165, 1.54) is 82.0 Å². The molecule has 204 valence electrons. The number of likely N-dealkylation sites (N-methyl/N-ethyl adjacent to an activating group) is 2. The Morgan fingerprint density at radius 1 is 1.08 bits per heavy atom. The number of carbonyl (C=O) groups is 1. The lowest BCUT2D eigenvalue weighted by Gasteiger charge is -2.35. The van der Waals surface area contributed by atoms with Gasteiger partial charge in [0.05, 0.1) is 0 Å². The highest BCUT2D eigenvalue weighted by molar-refractivity contribution is 7.97. The monoisotopic (exact) mass is 566 g/mol. The molecule has 1 aliphatic carbocycles. The third kappa shape index (κ3) is 10.4. The summed E-state index contributed by atoms with van der Waals surface area (Å²) < 4.78 is 2.17. The summed E-state index contributed by atoms with van der Waals surface area (Å²) in [6.45, 7) is 7.40. The van der Waals surface area contributed by atoms with E-state index >= 15 is 0 Å². The Balaban J connectivity index is 0.000000289. The van der Waals surface area contributed by atoms with Crippen LogP contribution in [0.4, 0.5) is 5.69 Å². The number of piperazine rings is 1. The van der Waals surface area contributed by atoms with Crippen molar-refractivity contribution >= 4 is 47.2 Å². The van der Waals surface area contributed by atoms with Crippen molar-refractivity contribution in [1.82, 2.24) is 24.0 Å². The number of fused-ring (bicyclic) bond motifs is 1. The topological polar surface area (TPSA) is 55.0 Å². The lowest BCUT2D eigenvalue weighted by Crippen LogP contribution is -2.45. The summed E-state index contributed by atoms with van der Waals surface area (Å²) in [6.07, 6.45) is 5.58. The molecule has 7 nitrogen and oxygen atoms in total. The van der Waals surface area contributed by atoms with Gasteiger partial charge in [0.15, 0.2) is 0 Å². The molecule has 1 saturated heterocycles. The molecule has 0 radical (unpaired) electrons. The van der Waals surface area contributed by atoms with Crippen molar-refractivity contribution in [3.05, 3.63) is 51.8 Å². The second-order valence-electron chi connectivity index (χ2n) is 9.97. The van der Waals surface area contributed by atoms with E-state index in [-0.39, 0.29) is 10.3 Å². The highest BCUT2D eigenvalue weighted by Crippen LogP contribution is 2.29. The molecular weight excluding hydrogens is 527 g/mol. The molecule has 10 heteroatoms. The third-order valence-corrected chi connectivity index (χ3v) is 8.08. The van der Waals surface area contributed by atoms with Crippen molar-refractivity contribution in [2.75, 3.05) is 72.8 Å². The van der Waals surface area contributed by atoms with Crippen LogP contribution in [0.5, 0.6) is 0 Å². The van der Waals surface area contributed by atoms with Crippen molar-refractivity contribution in [3.63, 3.8) is 0 Å². The molecule has 0 saturated carbocycles. The number of pyridine rings is 1. The quantitative estimate of drug-likeness (QED) is 0.269. The summed E-state index contributed by atoms with van der Waals surface area (Å²) in [5.74, 6) is 0. The molecule has 1 amide bonds. The van der Waals surface area contributed by atoms with E-state index in [1.807, 2.05) is 11.9 Å². The normalized spacial score (nSPS) is 18.3. The van der Waals surface area contributed by atoms with Crippen molar-refractivity contribution in [3.8, 4) is 0 Å². The zero-order valence-corrected chi connectivity index (χ0v) is 24.7. The van der Waals surface area contributed by atoms with Crippen molar-refractivity contribution in [2.45, 2.75) is 36.6 Å². The molecule has 4 rings (SSSR count). The van der Waals surface area contributed by atoms with E-state index in [0.29, 0.717) is 18.1 Å². The van der Waals surface area contributed by atoms with Crippen LogP contribution in [0.15, 0.2) is 35.2 Å². The summed E-state index contributed by atoms with van der Waals surface area (Å²) in [4.78, 5) is 22.7. The number of nitrogens with one attached hydrogen (secondary N) is 1. The SMILES string of the molecule is CN1CCN(CCCN(C)C2CCc3ccc(SN(C)C)cc3C2)CC1.O=CNc1cc(Cl)nc(Cl)c1. The maximum atomic E-state index is 9.98. The first-order valence-electron chi connectivity index (χ1n) is 12.8. The molecule has 1 aromatic heterocycles. The highest BCUT2D eigenvalue weighted by atomic mass is 35.5. The fraction of sp³-hybridized carbons (Fsp3) is 0.556. The second kappa shape index (κ2) is 15.3. The van der Waals surface area contributed by atoms with Crippen molar-refractivity contribution in [1.29, 1.82) is 0 Å². The van der Waals surface area contributed by atoms with Crippen LogP contribution in [0.3, 0.4) is 0 Å². The van der Waals surface area contributed by atoms with Crippen molar-refractivity contribution < 1.29 is 4.79 Å². The molecule has 2 aliphatic rings. The van der Waals surface area contributed by atoms with E-state index in [0.717, 1.165) is 0 Å². The van der Waals surface area contributed by atoms with Crippen LogP contribution in [-0.4, -0.2) is 104 Å². The number of hydrogen-bond donors (Lipinski definition) is 1. The Hall–Kier alpha value is -1.39. The number of anilines is 1. The average molecular weight is 568 g/mol. The number of halogens is 2. The maximum Gasteiger partial charge on any atom is 0.211 e. The van der Waals surface area contributed by atoms with E-state index in [9.17, 15) is 4.79 Å². The van der Waals surface area contributed by atoms with Crippen molar-refractivity contribution in [2.24, 2.45) is 0 Å². The number of amides is 1. The van der Waals surface area contributed by atoms with E-state index < -0.39 is 0 Å². The van der Waals surface area contributed by atoms with Gasteiger partial charge < -0.3 is 20.0 Å². The molecule has 1 unspecified atom stereocenters. The molecule has 1 aliphatic heterocycles. The van der Waals surface area contributed by atoms with Gasteiger partial charge in [-0.15, -0.1) is 0 Å². The molecule has 2 heterocycles. The maximum absolute atomic E-state index is 9.98. The molecule has 0 bridgehead atoms. The van der Waals surface area contributed by atoms with Gasteiger partial charge in [0, 0.05) is 42.8 Å². The van der Waals surface area contributed by atoms with Crippen LogP contribution in [0, 0.1) is 0 Å². The van der Waals surface area contributed by atoms with Crippen LogP contribution in [-0.2, 0) is 17.6 Å². The van der Waals surface area contributed by atoms with Gasteiger partial charge in [-0.2, -0.15) is 0 Å². The molecule has 1 aromatic carbocycles. The van der Waals surface area contributed by atoms with Crippen LogP contribution in [0.2, 0.25) is 10.3 Å². The number of benzene rings is 1. The number of hydrogen-bond acceptors (Lipinski definition) is 7. The van der Waals surface area contributed by atoms with E-state index in [1.54, 1.807) is 11.1 Å². The number of aromatic nitrogens is 1. The van der Waals surface area contributed by atoms with Gasteiger partial charge >= 0.3 is 0 Å². The molecule has 1 fully saturated rings. The Morgan fingerprint density at radius 2 is 1.78 bits per heavy atom.